The molecule has 2 aromatic rings. The number of benzene rings is 2. The molecular formula is C23H27N3O3S. The molecule has 0 atom stereocenters. The molecule has 0 heterocycles. The molecule has 2 aromatic carbocycles. The second-order valence-corrected chi connectivity index (χ2v) is 7.63. The highest BCUT2D eigenvalue weighted by Gasteiger charge is 2.10. The van der Waals surface area contributed by atoms with Crippen LogP contribution in [0.1, 0.15) is 42.0 Å². The molecule has 2 amide bonds. The average Bonchev–Trinajstić information content (AvgIpc) is 2.70. The third kappa shape index (κ3) is 7.67. The number of carbonyl (C=O) groups excluding carboxylic acids is 2. The van der Waals surface area contributed by atoms with Gasteiger partial charge < -0.3 is 4.74 Å². The van der Waals surface area contributed by atoms with Gasteiger partial charge in [0.1, 0.15) is 5.75 Å². The van der Waals surface area contributed by atoms with E-state index in [9.17, 15) is 9.59 Å². The lowest BCUT2D eigenvalue weighted by molar-refractivity contribution is -0.123. The molecule has 0 aromatic heterocycles. The van der Waals surface area contributed by atoms with E-state index < -0.39 is 11.8 Å². The van der Waals surface area contributed by atoms with Gasteiger partial charge in [0.05, 0.1) is 0 Å². The number of hydrazine groups is 1. The Bertz CT molecular complexity index is 937. The van der Waals surface area contributed by atoms with Crippen LogP contribution in [0.3, 0.4) is 0 Å². The van der Waals surface area contributed by atoms with Crippen molar-refractivity contribution in [2.45, 2.75) is 33.6 Å². The first kappa shape index (κ1) is 23.1. The highest BCUT2D eigenvalue weighted by molar-refractivity contribution is 7.80. The molecule has 0 saturated heterocycles. The lowest BCUT2D eigenvalue weighted by Gasteiger charge is -2.15. The fourth-order valence-electron chi connectivity index (χ4n) is 2.58. The van der Waals surface area contributed by atoms with Crippen molar-refractivity contribution in [3.63, 3.8) is 0 Å². The molecule has 0 aliphatic heterocycles. The minimum Gasteiger partial charge on any atom is -0.483 e. The van der Waals surface area contributed by atoms with Crippen LogP contribution in [-0.2, 0) is 9.59 Å². The molecule has 158 valence electrons. The maximum atomic E-state index is 12.0. The zero-order valence-corrected chi connectivity index (χ0v) is 18.4. The van der Waals surface area contributed by atoms with Gasteiger partial charge in [-0.1, -0.05) is 55.8 Å². The predicted molar refractivity (Wildman–Crippen MR) is 123 cm³/mol. The Morgan fingerprint density at radius 1 is 1.03 bits per heavy atom. The van der Waals surface area contributed by atoms with Crippen molar-refractivity contribution in [2.75, 3.05) is 6.61 Å². The van der Waals surface area contributed by atoms with Crippen LogP contribution in [-0.4, -0.2) is 23.5 Å². The molecule has 0 unspecified atom stereocenters. The van der Waals surface area contributed by atoms with Crippen LogP contribution >= 0.6 is 12.2 Å². The Labute approximate surface area is 182 Å². The van der Waals surface area contributed by atoms with Gasteiger partial charge in [-0.25, -0.2) is 0 Å². The van der Waals surface area contributed by atoms with Gasteiger partial charge in [-0.05, 0) is 60.8 Å². The van der Waals surface area contributed by atoms with Crippen LogP contribution in [0.2, 0.25) is 0 Å². The van der Waals surface area contributed by atoms with Gasteiger partial charge in [-0.2, -0.15) is 0 Å². The van der Waals surface area contributed by atoms with Crippen molar-refractivity contribution in [3.05, 3.63) is 70.8 Å². The Morgan fingerprint density at radius 2 is 1.70 bits per heavy atom. The van der Waals surface area contributed by atoms with Crippen LogP contribution in [0.25, 0.3) is 6.08 Å². The summed E-state index contributed by atoms with van der Waals surface area (Å²) >= 11 is 5.01. The molecule has 3 N–H and O–H groups in total. The molecule has 0 fully saturated rings. The van der Waals surface area contributed by atoms with Gasteiger partial charge in [0.15, 0.2) is 11.7 Å². The number of aryl methyl sites for hydroxylation is 2. The molecule has 0 radical (unpaired) electrons. The molecule has 2 rings (SSSR count). The Hall–Kier alpha value is -3.19. The van der Waals surface area contributed by atoms with Gasteiger partial charge >= 0.3 is 0 Å². The molecule has 0 aliphatic carbocycles. The lowest BCUT2D eigenvalue weighted by atomic mass is 10.0. The number of rotatable bonds is 6. The first-order valence-corrected chi connectivity index (χ1v) is 10.0. The summed E-state index contributed by atoms with van der Waals surface area (Å²) in [7, 11) is 0. The average molecular weight is 426 g/mol. The summed E-state index contributed by atoms with van der Waals surface area (Å²) in [6, 6.07) is 13.7. The van der Waals surface area contributed by atoms with E-state index in [1.54, 1.807) is 6.08 Å². The molecule has 0 aliphatic rings. The molecule has 0 bridgehead atoms. The van der Waals surface area contributed by atoms with Crippen LogP contribution in [0.15, 0.2) is 48.5 Å². The van der Waals surface area contributed by atoms with E-state index >= 15 is 0 Å². The normalized spacial score (nSPS) is 10.7. The minimum absolute atomic E-state index is 0.0136. The molecule has 0 spiro atoms. The number of hydrogen-bond donors (Lipinski definition) is 3. The van der Waals surface area contributed by atoms with E-state index in [2.05, 4.69) is 30.0 Å². The van der Waals surface area contributed by atoms with Gasteiger partial charge in [0, 0.05) is 6.08 Å². The predicted octanol–water partition coefficient (Wildman–Crippen LogP) is 3.54. The summed E-state index contributed by atoms with van der Waals surface area (Å²) in [4.78, 5) is 23.9. The second kappa shape index (κ2) is 11.1. The zero-order valence-electron chi connectivity index (χ0n) is 17.6. The maximum Gasteiger partial charge on any atom is 0.276 e. The van der Waals surface area contributed by atoms with Crippen LogP contribution in [0.5, 0.6) is 5.75 Å². The van der Waals surface area contributed by atoms with Crippen molar-refractivity contribution in [1.82, 2.24) is 16.2 Å². The van der Waals surface area contributed by atoms with Crippen molar-refractivity contribution in [3.8, 4) is 5.75 Å². The zero-order chi connectivity index (χ0) is 22.1. The van der Waals surface area contributed by atoms with Gasteiger partial charge in [0.2, 0.25) is 5.91 Å². The largest absolute Gasteiger partial charge is 0.483 e. The lowest BCUT2D eigenvalue weighted by Crippen LogP contribution is -2.49. The fraction of sp³-hybridized carbons (Fsp3) is 0.261. The minimum atomic E-state index is -0.419. The smallest absolute Gasteiger partial charge is 0.276 e. The van der Waals surface area contributed by atoms with E-state index in [4.69, 9.17) is 17.0 Å². The van der Waals surface area contributed by atoms with E-state index in [0.717, 1.165) is 22.3 Å². The summed E-state index contributed by atoms with van der Waals surface area (Å²) in [5.74, 6) is 0.132. The molecule has 0 saturated carbocycles. The summed E-state index contributed by atoms with van der Waals surface area (Å²) in [5.41, 5.74) is 9.02. The first-order valence-electron chi connectivity index (χ1n) is 9.62. The van der Waals surface area contributed by atoms with Gasteiger partial charge in [-0.15, -0.1) is 0 Å². The number of amides is 2. The molecule has 7 heteroatoms. The molecular weight excluding hydrogens is 398 g/mol. The summed E-state index contributed by atoms with van der Waals surface area (Å²) in [5, 5.41) is 2.45. The Balaban J connectivity index is 1.76. The molecule has 30 heavy (non-hydrogen) atoms. The third-order valence-corrected chi connectivity index (χ3v) is 4.41. The summed E-state index contributed by atoms with van der Waals surface area (Å²) in [6.07, 6.45) is 3.05. The van der Waals surface area contributed by atoms with Crippen LogP contribution < -0.4 is 20.9 Å². The SMILES string of the molecule is Cc1ccc(C=CC(=O)NC(=S)NNC(=O)COc2cc(C)ccc2C(C)C)cc1. The second-order valence-electron chi connectivity index (χ2n) is 7.22. The number of hydrogen-bond acceptors (Lipinski definition) is 4. The first-order chi connectivity index (χ1) is 14.2. The monoisotopic (exact) mass is 425 g/mol. The van der Waals surface area contributed by atoms with E-state index in [1.165, 1.54) is 6.08 Å². The van der Waals surface area contributed by atoms with E-state index in [0.29, 0.717) is 5.75 Å². The van der Waals surface area contributed by atoms with Crippen molar-refractivity contribution >= 4 is 35.2 Å². The Kier molecular flexibility index (Phi) is 8.55. The highest BCUT2D eigenvalue weighted by Crippen LogP contribution is 2.27. The van der Waals surface area contributed by atoms with Crippen molar-refractivity contribution in [2.24, 2.45) is 0 Å². The van der Waals surface area contributed by atoms with E-state index in [-0.39, 0.29) is 17.6 Å². The number of nitrogens with one attached hydrogen (secondary N) is 3. The number of thiocarbonyl (C=S) groups is 1. The van der Waals surface area contributed by atoms with Gasteiger partial charge in [-0.3, -0.25) is 25.8 Å². The van der Waals surface area contributed by atoms with Gasteiger partial charge in [0.25, 0.3) is 5.91 Å². The standard InChI is InChI=1S/C23H27N3O3S/c1-15(2)19-11-7-17(4)13-20(19)29-14-22(28)25-26-23(30)24-21(27)12-10-18-8-5-16(3)6-9-18/h5-13,15H,14H2,1-4H3,(H,25,28)(H2,24,26,27,30). The topological polar surface area (TPSA) is 79.5 Å². The maximum absolute atomic E-state index is 12.0. The Morgan fingerprint density at radius 3 is 2.37 bits per heavy atom. The van der Waals surface area contributed by atoms with E-state index in [1.807, 2.05) is 56.3 Å². The number of ether oxygens (including phenoxy) is 1. The van der Waals surface area contributed by atoms with Crippen LogP contribution in [0, 0.1) is 13.8 Å². The third-order valence-electron chi connectivity index (χ3n) is 4.21. The summed E-state index contributed by atoms with van der Waals surface area (Å²) in [6.45, 7) is 7.90. The quantitative estimate of drug-likeness (QED) is 0.375. The van der Waals surface area contributed by atoms with Crippen LogP contribution in [0.4, 0.5) is 0 Å². The fourth-order valence-corrected chi connectivity index (χ4v) is 2.74. The molecule has 6 nitrogen and oxygen atoms in total. The highest BCUT2D eigenvalue weighted by atomic mass is 32.1. The summed E-state index contributed by atoms with van der Waals surface area (Å²) < 4.78 is 5.66. The van der Waals surface area contributed by atoms with Crippen molar-refractivity contribution in [1.29, 1.82) is 0 Å². The van der Waals surface area contributed by atoms with Crippen molar-refractivity contribution < 1.29 is 14.3 Å². The number of carbonyl (C=O) groups is 2.